The van der Waals surface area contributed by atoms with Gasteiger partial charge < -0.3 is 20.1 Å². The third-order valence-electron chi connectivity index (χ3n) is 6.54. The molecule has 0 radical (unpaired) electrons. The molecule has 0 aromatic heterocycles. The maximum atomic E-state index is 11.9. The Morgan fingerprint density at radius 2 is 1.15 bits per heavy atom. The van der Waals surface area contributed by atoms with Gasteiger partial charge >= 0.3 is 13.8 Å². The van der Waals surface area contributed by atoms with E-state index < -0.39 is 26.5 Å². The second kappa shape index (κ2) is 27.2. The largest absolute Gasteiger partial charge is 0.472 e. The molecule has 0 rings (SSSR count). The lowest BCUT2D eigenvalue weighted by Crippen LogP contribution is -2.27. The minimum Gasteiger partial charge on any atom is -0.463 e. The molecule has 3 N–H and O–H groups in total. The van der Waals surface area contributed by atoms with E-state index in [1.165, 1.54) is 64.2 Å². The summed E-state index contributed by atoms with van der Waals surface area (Å²) in [6.07, 6.45) is 20.7. The monoisotopic (exact) mass is 579 g/mol. The summed E-state index contributed by atoms with van der Waals surface area (Å²) >= 11 is 0. The van der Waals surface area contributed by atoms with Gasteiger partial charge in [-0.3, -0.25) is 18.6 Å². The molecule has 0 aliphatic heterocycles. The number of ether oxygens (including phenoxy) is 1. The van der Waals surface area contributed by atoms with Gasteiger partial charge in [-0.25, -0.2) is 4.57 Å². The van der Waals surface area contributed by atoms with Gasteiger partial charge in [0.25, 0.3) is 0 Å². The number of amides is 1. The summed E-state index contributed by atoms with van der Waals surface area (Å²) in [5.74, 6) is -0.526. The fraction of sp³-hybridized carbons (Fsp3) is 0.931. The van der Waals surface area contributed by atoms with Gasteiger partial charge in [0.05, 0.1) is 13.2 Å². The van der Waals surface area contributed by atoms with Gasteiger partial charge in [-0.2, -0.15) is 0 Å². The zero-order valence-electron chi connectivity index (χ0n) is 24.8. The van der Waals surface area contributed by atoms with Crippen molar-refractivity contribution in [1.82, 2.24) is 5.32 Å². The van der Waals surface area contributed by atoms with E-state index in [1.54, 1.807) is 0 Å². The molecule has 0 aliphatic carbocycles. The molecule has 39 heavy (non-hydrogen) atoms. The highest BCUT2D eigenvalue weighted by Gasteiger charge is 2.23. The normalized spacial score (nSPS) is 13.6. The van der Waals surface area contributed by atoms with E-state index in [0.717, 1.165) is 51.4 Å². The molecule has 0 heterocycles. The van der Waals surface area contributed by atoms with Gasteiger partial charge in [0.1, 0.15) is 12.7 Å². The number of hydrogen-bond acceptors (Lipinski definition) is 7. The lowest BCUT2D eigenvalue weighted by Gasteiger charge is -2.15. The molecule has 0 bridgehead atoms. The topological polar surface area (TPSA) is 131 Å². The fourth-order valence-corrected chi connectivity index (χ4v) is 4.90. The van der Waals surface area contributed by atoms with Gasteiger partial charge in [0.2, 0.25) is 5.91 Å². The Morgan fingerprint density at radius 3 is 1.67 bits per heavy atom. The van der Waals surface area contributed by atoms with Gasteiger partial charge in [0, 0.05) is 19.4 Å². The van der Waals surface area contributed by atoms with Gasteiger partial charge in [-0.05, 0) is 12.8 Å². The van der Waals surface area contributed by atoms with Crippen molar-refractivity contribution < 1.29 is 37.9 Å². The highest BCUT2D eigenvalue weighted by molar-refractivity contribution is 7.47. The average molecular weight is 580 g/mol. The molecule has 2 atom stereocenters. The number of nitrogens with one attached hydrogen (secondary N) is 1. The minimum absolute atomic E-state index is 0.0844. The van der Waals surface area contributed by atoms with Crippen LogP contribution >= 0.6 is 7.82 Å². The number of phosphoric acid groups is 1. The number of unbranched alkanes of at least 4 members (excludes halogenated alkanes) is 16. The van der Waals surface area contributed by atoms with E-state index in [9.17, 15) is 24.2 Å². The second-order valence-corrected chi connectivity index (χ2v) is 11.9. The molecule has 2 unspecified atom stereocenters. The van der Waals surface area contributed by atoms with Crippen molar-refractivity contribution in [3.8, 4) is 0 Å². The Hall–Kier alpha value is -0.990. The quantitative estimate of drug-likeness (QED) is 0.0491. The first-order chi connectivity index (χ1) is 18.8. The molecule has 0 aromatic carbocycles. The lowest BCUT2D eigenvalue weighted by molar-refractivity contribution is -0.147. The van der Waals surface area contributed by atoms with Crippen LogP contribution in [0.1, 0.15) is 142 Å². The molecule has 10 heteroatoms. The van der Waals surface area contributed by atoms with Crippen LogP contribution in [0.15, 0.2) is 0 Å². The summed E-state index contributed by atoms with van der Waals surface area (Å²) in [6.45, 7) is 3.44. The first-order valence-electron chi connectivity index (χ1n) is 15.5. The Morgan fingerprint density at radius 1 is 0.692 bits per heavy atom. The number of esters is 1. The number of phosphoric ester groups is 1. The number of aliphatic hydroxyl groups is 1. The van der Waals surface area contributed by atoms with E-state index in [-0.39, 0.29) is 32.1 Å². The van der Waals surface area contributed by atoms with Crippen molar-refractivity contribution in [2.24, 2.45) is 0 Å². The molecule has 0 saturated carbocycles. The minimum atomic E-state index is -4.38. The van der Waals surface area contributed by atoms with E-state index in [1.807, 2.05) is 0 Å². The maximum absolute atomic E-state index is 11.9. The molecule has 0 fully saturated rings. The molecule has 1 amide bonds. The second-order valence-electron chi connectivity index (χ2n) is 10.4. The Bertz CT molecular complexity index is 634. The molecule has 0 aliphatic rings. The van der Waals surface area contributed by atoms with Crippen LogP contribution in [0.25, 0.3) is 0 Å². The summed E-state index contributed by atoms with van der Waals surface area (Å²) in [7, 11) is -4.38. The molecule has 232 valence electrons. The molecule has 0 saturated heterocycles. The molecule has 9 nitrogen and oxygen atoms in total. The van der Waals surface area contributed by atoms with E-state index in [2.05, 4.69) is 19.2 Å². The van der Waals surface area contributed by atoms with Crippen molar-refractivity contribution in [3.05, 3.63) is 0 Å². The van der Waals surface area contributed by atoms with Crippen LogP contribution in [0.5, 0.6) is 0 Å². The van der Waals surface area contributed by atoms with Crippen LogP contribution in [-0.4, -0.2) is 54.3 Å². The summed E-state index contributed by atoms with van der Waals surface area (Å²) in [5, 5.41) is 12.5. The SMILES string of the molecule is CCCCCCCCCCCCCCCC(=O)OCC(O)COP(=O)(O)OCCNC(=O)CCCCCCC. The first-order valence-corrected chi connectivity index (χ1v) is 17.0. The summed E-state index contributed by atoms with van der Waals surface area (Å²) < 4.78 is 26.5. The third-order valence-corrected chi connectivity index (χ3v) is 7.52. The smallest absolute Gasteiger partial charge is 0.463 e. The lowest BCUT2D eigenvalue weighted by atomic mass is 10.0. The predicted molar refractivity (Wildman–Crippen MR) is 155 cm³/mol. The Balaban J connectivity index is 3.63. The van der Waals surface area contributed by atoms with Gasteiger partial charge in [-0.15, -0.1) is 0 Å². The van der Waals surface area contributed by atoms with E-state index in [0.29, 0.717) is 6.42 Å². The first kappa shape index (κ1) is 38.0. The van der Waals surface area contributed by atoms with Crippen molar-refractivity contribution in [2.75, 3.05) is 26.4 Å². The van der Waals surface area contributed by atoms with Crippen LogP contribution in [0, 0.1) is 0 Å². The van der Waals surface area contributed by atoms with Gasteiger partial charge in [-0.1, -0.05) is 117 Å². The van der Waals surface area contributed by atoms with Gasteiger partial charge in [0.15, 0.2) is 0 Å². The fourth-order valence-electron chi connectivity index (χ4n) is 4.14. The average Bonchev–Trinajstić information content (AvgIpc) is 2.91. The van der Waals surface area contributed by atoms with Crippen molar-refractivity contribution in [2.45, 2.75) is 148 Å². The van der Waals surface area contributed by atoms with E-state index >= 15 is 0 Å². The van der Waals surface area contributed by atoms with Crippen molar-refractivity contribution >= 4 is 19.7 Å². The van der Waals surface area contributed by atoms with Crippen LogP contribution < -0.4 is 5.32 Å². The van der Waals surface area contributed by atoms with Crippen molar-refractivity contribution in [1.29, 1.82) is 0 Å². The number of aliphatic hydroxyl groups excluding tert-OH is 1. The van der Waals surface area contributed by atoms with Crippen LogP contribution in [0.2, 0.25) is 0 Å². The maximum Gasteiger partial charge on any atom is 0.472 e. The molecular weight excluding hydrogens is 521 g/mol. The zero-order valence-corrected chi connectivity index (χ0v) is 25.7. The Labute approximate surface area is 237 Å². The zero-order chi connectivity index (χ0) is 29.0. The summed E-state index contributed by atoms with van der Waals surface area (Å²) in [5.41, 5.74) is 0. The summed E-state index contributed by atoms with van der Waals surface area (Å²) in [4.78, 5) is 33.3. The van der Waals surface area contributed by atoms with E-state index in [4.69, 9.17) is 13.8 Å². The number of carbonyl (C=O) groups excluding carboxylic acids is 2. The predicted octanol–water partition coefficient (Wildman–Crippen LogP) is 6.98. The standard InChI is InChI=1S/C29H58NO8P/c1-3-5-7-9-10-11-12-13-14-15-16-18-20-22-29(33)36-25-27(31)26-38-39(34,35)37-24-23-30-28(32)21-19-17-8-6-4-2/h27,31H,3-26H2,1-2H3,(H,30,32)(H,34,35). The highest BCUT2D eigenvalue weighted by Crippen LogP contribution is 2.42. The van der Waals surface area contributed by atoms with Crippen LogP contribution in [-0.2, 0) is 27.9 Å². The molecule has 0 spiro atoms. The molecule has 0 aromatic rings. The number of hydrogen-bond donors (Lipinski definition) is 3. The summed E-state index contributed by atoms with van der Waals surface area (Å²) in [6, 6.07) is 0. The number of rotatable bonds is 29. The van der Waals surface area contributed by atoms with Crippen molar-refractivity contribution in [3.63, 3.8) is 0 Å². The van der Waals surface area contributed by atoms with Crippen LogP contribution in [0.3, 0.4) is 0 Å². The Kier molecular flexibility index (Phi) is 26.5. The number of carbonyl (C=O) groups is 2. The highest BCUT2D eigenvalue weighted by atomic mass is 31.2. The van der Waals surface area contributed by atoms with Crippen LogP contribution in [0.4, 0.5) is 0 Å². The third kappa shape index (κ3) is 28.3. The molecular formula is C29H58NO8P.